The van der Waals surface area contributed by atoms with E-state index >= 15 is 0 Å². The van der Waals surface area contributed by atoms with Gasteiger partial charge in [0.1, 0.15) is 5.82 Å². The van der Waals surface area contributed by atoms with Crippen molar-refractivity contribution in [3.05, 3.63) is 120 Å². The molecule has 0 bridgehead atoms. The highest BCUT2D eigenvalue weighted by atomic mass is 16.1. The van der Waals surface area contributed by atoms with E-state index in [-0.39, 0.29) is 5.78 Å². The predicted molar refractivity (Wildman–Crippen MR) is 156 cm³/mol. The summed E-state index contributed by atoms with van der Waals surface area (Å²) in [5.41, 5.74) is 7.20. The average Bonchev–Trinajstić information content (AvgIpc) is 3.02. The molecule has 0 aliphatic carbocycles. The smallest absolute Gasteiger partial charge is 0.167 e. The number of rotatable bonds is 7. The first kappa shape index (κ1) is 25.4. The molecule has 5 aromatic rings. The Morgan fingerprint density at radius 3 is 2.33 bits per heavy atom. The van der Waals surface area contributed by atoms with E-state index in [2.05, 4.69) is 44.0 Å². The minimum absolute atomic E-state index is 0.0312. The van der Waals surface area contributed by atoms with Gasteiger partial charge in [0.2, 0.25) is 0 Å². The van der Waals surface area contributed by atoms with E-state index < -0.39 is 0 Å². The maximum Gasteiger partial charge on any atom is 0.167 e. The summed E-state index contributed by atoms with van der Waals surface area (Å²) in [4.78, 5) is 31.3. The van der Waals surface area contributed by atoms with Crippen molar-refractivity contribution >= 4 is 22.6 Å². The van der Waals surface area contributed by atoms with E-state index in [4.69, 9.17) is 10.2 Å². The summed E-state index contributed by atoms with van der Waals surface area (Å²) in [6, 6.07) is 27.2. The van der Waals surface area contributed by atoms with Crippen molar-refractivity contribution in [2.24, 2.45) is 0 Å². The van der Waals surface area contributed by atoms with Gasteiger partial charge in [0.25, 0.3) is 0 Å². The molecule has 7 heteroatoms. The number of hydrogen-bond donors (Lipinski definition) is 0. The number of benzene rings is 3. The topological polar surface area (TPSA) is 86.0 Å². The number of aromatic nitrogens is 3. The van der Waals surface area contributed by atoms with Crippen molar-refractivity contribution in [1.29, 1.82) is 5.26 Å². The van der Waals surface area contributed by atoms with Crippen LogP contribution in [-0.4, -0.2) is 51.8 Å². The highest BCUT2D eigenvalue weighted by Crippen LogP contribution is 2.25. The normalized spacial score (nSPS) is 13.7. The molecular weight excluding hydrogens is 496 g/mol. The molecule has 0 amide bonds. The van der Waals surface area contributed by atoms with Gasteiger partial charge in [-0.25, -0.2) is 4.98 Å². The van der Waals surface area contributed by atoms with Crippen LogP contribution in [-0.2, 0) is 13.0 Å². The minimum Gasteiger partial charge on any atom is -0.353 e. The first-order valence-electron chi connectivity index (χ1n) is 13.4. The summed E-state index contributed by atoms with van der Waals surface area (Å²) in [5, 5.41) is 8.96. The Hall–Kier alpha value is -4.93. The number of ketones is 1. The molecule has 1 aliphatic rings. The molecule has 0 atom stereocenters. The van der Waals surface area contributed by atoms with E-state index in [0.29, 0.717) is 17.5 Å². The standard InChI is InChI=1S/C33H28N6O/c34-20-25-5-9-28(10-6-25)32(40)18-24-3-7-27(8-4-24)29-11-12-30-31(19-29)37-33(22-36-30)39-16-14-38(15-17-39)23-26-2-1-13-35-21-26/h1-13,19,21-22H,14-18,23H2. The Morgan fingerprint density at radius 2 is 1.60 bits per heavy atom. The highest BCUT2D eigenvalue weighted by Gasteiger charge is 2.19. The number of nitrogens with zero attached hydrogens (tertiary/aromatic N) is 6. The van der Waals surface area contributed by atoms with E-state index in [9.17, 15) is 4.79 Å². The van der Waals surface area contributed by atoms with Crippen LogP contribution in [0, 0.1) is 11.3 Å². The fraction of sp³-hybridized carbons (Fsp3) is 0.182. The predicted octanol–water partition coefficient (Wildman–Crippen LogP) is 5.31. The van der Waals surface area contributed by atoms with Crippen LogP contribution in [0.3, 0.4) is 0 Å². The zero-order chi connectivity index (χ0) is 27.3. The van der Waals surface area contributed by atoms with Gasteiger partial charge in [0.15, 0.2) is 5.78 Å². The van der Waals surface area contributed by atoms with Gasteiger partial charge in [0, 0.05) is 57.1 Å². The summed E-state index contributed by atoms with van der Waals surface area (Å²) >= 11 is 0. The molecule has 2 aromatic heterocycles. The summed E-state index contributed by atoms with van der Waals surface area (Å²) in [6.45, 7) is 4.66. The molecular formula is C33H28N6O. The quantitative estimate of drug-likeness (QED) is 0.267. The van der Waals surface area contributed by atoms with Crippen LogP contribution < -0.4 is 4.90 Å². The molecule has 0 radical (unpaired) electrons. The number of Topliss-reactive ketones (excluding diaryl/α,β-unsaturated/α-hetero) is 1. The third-order valence-electron chi connectivity index (χ3n) is 7.34. The highest BCUT2D eigenvalue weighted by molar-refractivity contribution is 5.97. The number of carbonyl (C=O) groups excluding carboxylic acids is 1. The number of fused-ring (bicyclic) bond motifs is 1. The molecule has 0 unspecified atom stereocenters. The molecule has 1 fully saturated rings. The van der Waals surface area contributed by atoms with Crippen LogP contribution in [0.2, 0.25) is 0 Å². The fourth-order valence-corrected chi connectivity index (χ4v) is 5.05. The molecule has 0 spiro atoms. The molecule has 0 N–H and O–H groups in total. The summed E-state index contributed by atoms with van der Waals surface area (Å²) < 4.78 is 0. The third-order valence-corrected chi connectivity index (χ3v) is 7.34. The zero-order valence-corrected chi connectivity index (χ0v) is 22.1. The van der Waals surface area contributed by atoms with Gasteiger partial charge in [-0.05, 0) is 52.6 Å². The molecule has 7 nitrogen and oxygen atoms in total. The summed E-state index contributed by atoms with van der Waals surface area (Å²) in [5.74, 6) is 0.936. The van der Waals surface area contributed by atoms with Crippen LogP contribution in [0.4, 0.5) is 5.82 Å². The second kappa shape index (κ2) is 11.4. The molecule has 1 saturated heterocycles. The van der Waals surface area contributed by atoms with Gasteiger partial charge in [-0.2, -0.15) is 5.26 Å². The van der Waals surface area contributed by atoms with Gasteiger partial charge in [-0.15, -0.1) is 0 Å². The van der Waals surface area contributed by atoms with E-state index in [1.54, 1.807) is 24.3 Å². The van der Waals surface area contributed by atoms with Crippen molar-refractivity contribution in [2.45, 2.75) is 13.0 Å². The molecule has 40 heavy (non-hydrogen) atoms. The van der Waals surface area contributed by atoms with Crippen LogP contribution in [0.25, 0.3) is 22.2 Å². The van der Waals surface area contributed by atoms with Crippen molar-refractivity contribution < 1.29 is 4.79 Å². The Balaban J connectivity index is 1.12. The Kier molecular flexibility index (Phi) is 7.25. The first-order chi connectivity index (χ1) is 19.6. The van der Waals surface area contributed by atoms with Crippen molar-refractivity contribution in [3.63, 3.8) is 0 Å². The van der Waals surface area contributed by atoms with Crippen molar-refractivity contribution in [2.75, 3.05) is 31.1 Å². The van der Waals surface area contributed by atoms with Gasteiger partial charge in [-0.1, -0.05) is 48.5 Å². The van der Waals surface area contributed by atoms with Crippen molar-refractivity contribution in [3.8, 4) is 17.2 Å². The Bertz CT molecular complexity index is 1670. The lowest BCUT2D eigenvalue weighted by molar-refractivity contribution is 0.0993. The zero-order valence-electron chi connectivity index (χ0n) is 22.1. The van der Waals surface area contributed by atoms with Gasteiger partial charge in [0.05, 0.1) is 28.9 Å². The first-order valence-corrected chi connectivity index (χ1v) is 13.4. The second-order valence-corrected chi connectivity index (χ2v) is 10.0. The minimum atomic E-state index is 0.0312. The van der Waals surface area contributed by atoms with Crippen LogP contribution in [0.15, 0.2) is 97.5 Å². The average molecular weight is 525 g/mol. The van der Waals surface area contributed by atoms with Gasteiger partial charge < -0.3 is 4.90 Å². The number of nitriles is 1. The van der Waals surface area contributed by atoms with Gasteiger partial charge in [-0.3, -0.25) is 19.7 Å². The van der Waals surface area contributed by atoms with Crippen LogP contribution >= 0.6 is 0 Å². The molecule has 1 aliphatic heterocycles. The lowest BCUT2D eigenvalue weighted by Gasteiger charge is -2.35. The second-order valence-electron chi connectivity index (χ2n) is 10.0. The lowest BCUT2D eigenvalue weighted by atomic mass is 9.99. The maximum atomic E-state index is 12.7. The lowest BCUT2D eigenvalue weighted by Crippen LogP contribution is -2.46. The van der Waals surface area contributed by atoms with E-state index in [1.165, 1.54) is 5.56 Å². The monoisotopic (exact) mass is 524 g/mol. The number of anilines is 1. The van der Waals surface area contributed by atoms with Gasteiger partial charge >= 0.3 is 0 Å². The Morgan fingerprint density at radius 1 is 0.825 bits per heavy atom. The molecule has 3 aromatic carbocycles. The van der Waals surface area contributed by atoms with E-state index in [0.717, 1.165) is 66.3 Å². The molecule has 196 valence electrons. The summed E-state index contributed by atoms with van der Waals surface area (Å²) in [6.07, 6.45) is 5.93. The third kappa shape index (κ3) is 5.73. The van der Waals surface area contributed by atoms with Crippen molar-refractivity contribution in [1.82, 2.24) is 19.9 Å². The largest absolute Gasteiger partial charge is 0.353 e. The fourth-order valence-electron chi connectivity index (χ4n) is 5.05. The Labute approximate surface area is 233 Å². The van der Waals surface area contributed by atoms with Crippen LogP contribution in [0.1, 0.15) is 27.0 Å². The molecule has 0 saturated carbocycles. The number of pyridine rings is 1. The van der Waals surface area contributed by atoms with Crippen LogP contribution in [0.5, 0.6) is 0 Å². The molecule has 6 rings (SSSR count). The maximum absolute atomic E-state index is 12.7. The number of carbonyl (C=O) groups is 1. The number of hydrogen-bond acceptors (Lipinski definition) is 7. The number of piperazine rings is 1. The SMILES string of the molecule is N#Cc1ccc(C(=O)Cc2ccc(-c3ccc4ncc(N5CCN(Cc6cccnc6)CC5)nc4c3)cc2)cc1. The molecule has 3 heterocycles. The van der Waals surface area contributed by atoms with E-state index in [1.807, 2.05) is 55.0 Å². The summed E-state index contributed by atoms with van der Waals surface area (Å²) in [7, 11) is 0.